The van der Waals surface area contributed by atoms with Crippen molar-refractivity contribution in [1.82, 2.24) is 10.3 Å². The molecule has 0 saturated carbocycles. The summed E-state index contributed by atoms with van der Waals surface area (Å²) in [5, 5.41) is 5.83. The van der Waals surface area contributed by atoms with Crippen LogP contribution in [0.25, 0.3) is 11.3 Å². The molecule has 0 fully saturated rings. The van der Waals surface area contributed by atoms with Gasteiger partial charge in [0.25, 0.3) is 5.91 Å². The van der Waals surface area contributed by atoms with E-state index in [-0.39, 0.29) is 18.4 Å². The number of hydrogen-bond donors (Lipinski definition) is 2. The molecule has 0 unspecified atom stereocenters. The zero-order chi connectivity index (χ0) is 21.5. The summed E-state index contributed by atoms with van der Waals surface area (Å²) in [4.78, 5) is 29.9. The molecule has 0 aliphatic heterocycles. The van der Waals surface area contributed by atoms with Crippen molar-refractivity contribution in [1.29, 1.82) is 0 Å². The molecular formula is C22H23N3O4S. The molecule has 0 atom stereocenters. The molecule has 0 aliphatic carbocycles. The number of carbonyl (C=O) groups excluding carboxylic acids is 2. The van der Waals surface area contributed by atoms with Crippen LogP contribution in [-0.4, -0.2) is 37.1 Å². The number of aromatic nitrogens is 1. The van der Waals surface area contributed by atoms with E-state index in [0.29, 0.717) is 23.1 Å². The van der Waals surface area contributed by atoms with E-state index in [0.717, 1.165) is 21.9 Å². The van der Waals surface area contributed by atoms with Crippen LogP contribution in [0.15, 0.2) is 48.5 Å². The van der Waals surface area contributed by atoms with Crippen molar-refractivity contribution in [3.8, 4) is 22.8 Å². The Kier molecular flexibility index (Phi) is 7.03. The highest BCUT2D eigenvalue weighted by molar-refractivity contribution is 7.16. The molecule has 3 aromatic rings. The molecule has 1 heterocycles. The number of hydrogen-bond acceptors (Lipinski definition) is 6. The molecule has 2 amide bonds. The summed E-state index contributed by atoms with van der Waals surface area (Å²) in [6.45, 7) is 4.24. The van der Waals surface area contributed by atoms with Gasteiger partial charge in [0.1, 0.15) is 11.5 Å². The fourth-order valence-electron chi connectivity index (χ4n) is 2.76. The lowest BCUT2D eigenvalue weighted by Gasteiger charge is -2.06. The molecule has 2 N–H and O–H groups in total. The zero-order valence-electron chi connectivity index (χ0n) is 17.0. The summed E-state index contributed by atoms with van der Waals surface area (Å²) < 4.78 is 10.5. The van der Waals surface area contributed by atoms with Crippen molar-refractivity contribution in [2.75, 3.05) is 25.6 Å². The molecule has 0 saturated heterocycles. The van der Waals surface area contributed by atoms with Crippen molar-refractivity contribution >= 4 is 28.3 Å². The van der Waals surface area contributed by atoms with Gasteiger partial charge in [-0.15, -0.1) is 11.3 Å². The second kappa shape index (κ2) is 9.89. The second-order valence-electron chi connectivity index (χ2n) is 6.34. The number of rotatable bonds is 8. The Bertz CT molecular complexity index is 1010. The smallest absolute Gasteiger partial charge is 0.251 e. The van der Waals surface area contributed by atoms with E-state index in [4.69, 9.17) is 9.47 Å². The van der Waals surface area contributed by atoms with Gasteiger partial charge in [0.2, 0.25) is 5.91 Å². The molecule has 156 valence electrons. The predicted octanol–water partition coefficient (Wildman–Crippen LogP) is 3.89. The van der Waals surface area contributed by atoms with Crippen molar-refractivity contribution in [2.24, 2.45) is 0 Å². The molecule has 2 aromatic carbocycles. The number of carbonyl (C=O) groups is 2. The van der Waals surface area contributed by atoms with Crippen LogP contribution in [0.1, 0.15) is 22.2 Å². The Morgan fingerprint density at radius 1 is 1.03 bits per heavy atom. The van der Waals surface area contributed by atoms with Crippen LogP contribution >= 0.6 is 11.3 Å². The van der Waals surface area contributed by atoms with Crippen LogP contribution in [-0.2, 0) is 4.79 Å². The number of nitrogens with zero attached hydrogens (tertiary/aromatic N) is 1. The van der Waals surface area contributed by atoms with Crippen molar-refractivity contribution in [3.63, 3.8) is 0 Å². The van der Waals surface area contributed by atoms with Gasteiger partial charge in [-0.25, -0.2) is 4.98 Å². The van der Waals surface area contributed by atoms with Crippen LogP contribution in [0.4, 0.5) is 5.13 Å². The van der Waals surface area contributed by atoms with Gasteiger partial charge in [-0.1, -0.05) is 0 Å². The lowest BCUT2D eigenvalue weighted by molar-refractivity contribution is -0.115. The Hall–Kier alpha value is -3.39. The minimum absolute atomic E-state index is 0.150. The second-order valence-corrected chi connectivity index (χ2v) is 7.54. The molecule has 0 bridgehead atoms. The fourth-order valence-corrected chi connectivity index (χ4v) is 3.61. The summed E-state index contributed by atoms with van der Waals surface area (Å²) in [5.74, 6) is 0.786. The molecule has 7 nitrogen and oxygen atoms in total. The van der Waals surface area contributed by atoms with Crippen LogP contribution in [0, 0.1) is 6.92 Å². The van der Waals surface area contributed by atoms with Gasteiger partial charge in [-0.05, 0) is 62.4 Å². The number of methoxy groups -OCH3 is 1. The third-order valence-corrected chi connectivity index (χ3v) is 5.13. The summed E-state index contributed by atoms with van der Waals surface area (Å²) in [6.07, 6.45) is 0. The first-order valence-corrected chi connectivity index (χ1v) is 10.2. The van der Waals surface area contributed by atoms with Gasteiger partial charge in [0.15, 0.2) is 5.13 Å². The van der Waals surface area contributed by atoms with Gasteiger partial charge < -0.3 is 20.1 Å². The van der Waals surface area contributed by atoms with Crippen molar-refractivity contribution in [3.05, 3.63) is 59.0 Å². The van der Waals surface area contributed by atoms with Gasteiger partial charge >= 0.3 is 0 Å². The highest BCUT2D eigenvalue weighted by Crippen LogP contribution is 2.31. The van der Waals surface area contributed by atoms with Crippen LogP contribution < -0.4 is 20.1 Å². The number of amides is 2. The number of aryl methyl sites for hydroxylation is 1. The van der Waals surface area contributed by atoms with E-state index in [9.17, 15) is 9.59 Å². The Morgan fingerprint density at radius 2 is 1.70 bits per heavy atom. The first-order valence-electron chi connectivity index (χ1n) is 9.43. The summed E-state index contributed by atoms with van der Waals surface area (Å²) in [5.41, 5.74) is 2.20. The molecule has 0 spiro atoms. The first kappa shape index (κ1) is 21.3. The Labute approximate surface area is 179 Å². The average Bonchev–Trinajstić information content (AvgIpc) is 3.12. The van der Waals surface area contributed by atoms with E-state index >= 15 is 0 Å². The molecule has 0 aliphatic rings. The van der Waals surface area contributed by atoms with E-state index in [1.807, 2.05) is 38.1 Å². The van der Waals surface area contributed by atoms with E-state index < -0.39 is 0 Å². The van der Waals surface area contributed by atoms with Crippen molar-refractivity contribution < 1.29 is 19.1 Å². The molecule has 3 rings (SSSR count). The van der Waals surface area contributed by atoms with E-state index in [1.165, 1.54) is 11.3 Å². The number of benzene rings is 2. The Balaban J connectivity index is 1.56. The lowest BCUT2D eigenvalue weighted by atomic mass is 10.1. The maximum absolute atomic E-state index is 12.2. The largest absolute Gasteiger partial charge is 0.497 e. The van der Waals surface area contributed by atoms with Gasteiger partial charge in [-0.2, -0.15) is 0 Å². The SMILES string of the molecule is CCOc1ccc(C(=O)NCC(=O)Nc2nc(-c3ccc(OC)cc3)c(C)s2)cc1. The van der Waals surface area contributed by atoms with Crippen LogP contribution in [0.5, 0.6) is 11.5 Å². The quantitative estimate of drug-likeness (QED) is 0.571. The summed E-state index contributed by atoms with van der Waals surface area (Å²) in [7, 11) is 1.62. The molecule has 30 heavy (non-hydrogen) atoms. The Morgan fingerprint density at radius 3 is 2.33 bits per heavy atom. The standard InChI is InChI=1S/C22H23N3O4S/c1-4-29-18-11-7-16(8-12-18)21(27)23-13-19(26)24-22-25-20(14(2)30-22)15-5-9-17(28-3)10-6-15/h5-12H,4,13H2,1-3H3,(H,23,27)(H,24,25,26). The van der Waals surface area contributed by atoms with Gasteiger partial charge in [0.05, 0.1) is 26.0 Å². The third-order valence-electron chi connectivity index (χ3n) is 4.24. The highest BCUT2D eigenvalue weighted by atomic mass is 32.1. The monoisotopic (exact) mass is 425 g/mol. The minimum Gasteiger partial charge on any atom is -0.497 e. The number of anilines is 1. The summed E-state index contributed by atoms with van der Waals surface area (Å²) in [6, 6.07) is 14.3. The van der Waals surface area contributed by atoms with Gasteiger partial charge in [0, 0.05) is 16.0 Å². The molecular weight excluding hydrogens is 402 g/mol. The third kappa shape index (κ3) is 5.36. The van der Waals surface area contributed by atoms with Crippen molar-refractivity contribution in [2.45, 2.75) is 13.8 Å². The van der Waals surface area contributed by atoms with Crippen LogP contribution in [0.3, 0.4) is 0 Å². The van der Waals surface area contributed by atoms with Gasteiger partial charge in [-0.3, -0.25) is 9.59 Å². The molecule has 8 heteroatoms. The molecule has 1 aromatic heterocycles. The number of thiazole rings is 1. The highest BCUT2D eigenvalue weighted by Gasteiger charge is 2.13. The first-order chi connectivity index (χ1) is 14.5. The average molecular weight is 426 g/mol. The predicted molar refractivity (Wildman–Crippen MR) is 117 cm³/mol. The minimum atomic E-state index is -0.343. The normalized spacial score (nSPS) is 10.4. The maximum atomic E-state index is 12.2. The maximum Gasteiger partial charge on any atom is 0.251 e. The lowest BCUT2D eigenvalue weighted by Crippen LogP contribution is -2.32. The number of ether oxygens (including phenoxy) is 2. The fraction of sp³-hybridized carbons (Fsp3) is 0.227. The summed E-state index contributed by atoms with van der Waals surface area (Å²) >= 11 is 1.38. The zero-order valence-corrected chi connectivity index (χ0v) is 17.8. The van der Waals surface area contributed by atoms with Crippen LogP contribution in [0.2, 0.25) is 0 Å². The van der Waals surface area contributed by atoms with E-state index in [2.05, 4.69) is 15.6 Å². The number of nitrogens with one attached hydrogen (secondary N) is 2. The van der Waals surface area contributed by atoms with E-state index in [1.54, 1.807) is 31.4 Å². The topological polar surface area (TPSA) is 89.5 Å². The molecule has 0 radical (unpaired) electrons.